The topological polar surface area (TPSA) is 106 Å². The number of nitrogens with zero attached hydrogens (tertiary/aromatic N) is 3. The Bertz CT molecular complexity index is 560. The standard InChI is InChI=1S/C10H10ClN5O3/c1-19-8-4-6(11)12-10(13-8)14-9(18)5-2-3-7(17)16-15-5/h4H,2-3H2,1H3,(H,16,17)(H,12,13,14,18). The van der Waals surface area contributed by atoms with Crippen molar-refractivity contribution in [2.45, 2.75) is 12.8 Å². The maximum absolute atomic E-state index is 11.8. The van der Waals surface area contributed by atoms with Gasteiger partial charge in [0.2, 0.25) is 17.7 Å². The lowest BCUT2D eigenvalue weighted by atomic mass is 10.2. The van der Waals surface area contributed by atoms with E-state index in [-0.39, 0.29) is 41.4 Å². The first-order chi connectivity index (χ1) is 9.08. The largest absolute Gasteiger partial charge is 0.481 e. The van der Waals surface area contributed by atoms with Crippen LogP contribution in [0.25, 0.3) is 0 Å². The van der Waals surface area contributed by atoms with Crippen LogP contribution in [0.1, 0.15) is 12.8 Å². The van der Waals surface area contributed by atoms with Gasteiger partial charge in [-0.3, -0.25) is 14.9 Å². The number of rotatable bonds is 3. The number of aromatic nitrogens is 2. The van der Waals surface area contributed by atoms with Crippen LogP contribution in [-0.2, 0) is 9.59 Å². The maximum atomic E-state index is 11.8. The van der Waals surface area contributed by atoms with Gasteiger partial charge in [-0.2, -0.15) is 10.1 Å². The fraction of sp³-hybridized carbons (Fsp3) is 0.300. The molecule has 1 aliphatic heterocycles. The van der Waals surface area contributed by atoms with Crippen molar-refractivity contribution in [2.75, 3.05) is 12.4 Å². The predicted octanol–water partition coefficient (Wildman–Crippen LogP) is 0.343. The van der Waals surface area contributed by atoms with Gasteiger partial charge in [-0.15, -0.1) is 0 Å². The monoisotopic (exact) mass is 283 g/mol. The summed E-state index contributed by atoms with van der Waals surface area (Å²) in [5.74, 6) is -0.482. The summed E-state index contributed by atoms with van der Waals surface area (Å²) in [7, 11) is 1.42. The molecule has 0 aliphatic carbocycles. The molecular weight excluding hydrogens is 274 g/mol. The highest BCUT2D eigenvalue weighted by Crippen LogP contribution is 2.15. The molecule has 2 rings (SSSR count). The van der Waals surface area contributed by atoms with Gasteiger partial charge in [-0.25, -0.2) is 10.4 Å². The molecule has 2 heterocycles. The zero-order chi connectivity index (χ0) is 13.8. The zero-order valence-corrected chi connectivity index (χ0v) is 10.7. The predicted molar refractivity (Wildman–Crippen MR) is 67.0 cm³/mol. The van der Waals surface area contributed by atoms with E-state index < -0.39 is 5.91 Å². The second-order valence-electron chi connectivity index (χ2n) is 3.60. The van der Waals surface area contributed by atoms with Crippen molar-refractivity contribution in [2.24, 2.45) is 5.10 Å². The second kappa shape index (κ2) is 5.61. The lowest BCUT2D eigenvalue weighted by molar-refractivity contribution is -0.121. The average Bonchev–Trinajstić information content (AvgIpc) is 2.38. The van der Waals surface area contributed by atoms with E-state index in [1.165, 1.54) is 13.2 Å². The Morgan fingerprint density at radius 2 is 2.26 bits per heavy atom. The smallest absolute Gasteiger partial charge is 0.274 e. The average molecular weight is 284 g/mol. The molecule has 19 heavy (non-hydrogen) atoms. The van der Waals surface area contributed by atoms with Gasteiger partial charge in [0.15, 0.2) is 0 Å². The lowest BCUT2D eigenvalue weighted by Crippen LogP contribution is -2.33. The van der Waals surface area contributed by atoms with Crippen molar-refractivity contribution in [1.82, 2.24) is 15.4 Å². The molecule has 100 valence electrons. The van der Waals surface area contributed by atoms with Crippen LogP contribution in [0.2, 0.25) is 5.15 Å². The number of hydrogen-bond donors (Lipinski definition) is 2. The fourth-order valence-electron chi connectivity index (χ4n) is 1.37. The molecule has 0 bridgehead atoms. The van der Waals surface area contributed by atoms with Crippen molar-refractivity contribution < 1.29 is 14.3 Å². The molecule has 0 unspecified atom stereocenters. The van der Waals surface area contributed by atoms with Crippen LogP contribution < -0.4 is 15.5 Å². The minimum atomic E-state index is -0.496. The molecule has 8 nitrogen and oxygen atoms in total. The summed E-state index contributed by atoms with van der Waals surface area (Å²) in [6, 6.07) is 1.41. The van der Waals surface area contributed by atoms with Crippen LogP contribution in [-0.4, -0.2) is 34.6 Å². The van der Waals surface area contributed by atoms with E-state index in [0.717, 1.165) is 0 Å². The van der Waals surface area contributed by atoms with Gasteiger partial charge in [0.05, 0.1) is 7.11 Å². The summed E-state index contributed by atoms with van der Waals surface area (Å²) in [5, 5.41) is 6.23. The lowest BCUT2D eigenvalue weighted by Gasteiger charge is -2.11. The molecule has 0 radical (unpaired) electrons. The summed E-state index contributed by atoms with van der Waals surface area (Å²) < 4.78 is 4.90. The number of methoxy groups -OCH3 is 1. The Morgan fingerprint density at radius 1 is 1.47 bits per heavy atom. The highest BCUT2D eigenvalue weighted by atomic mass is 35.5. The van der Waals surface area contributed by atoms with Crippen molar-refractivity contribution in [3.8, 4) is 5.88 Å². The number of amides is 2. The summed E-state index contributed by atoms with van der Waals surface area (Å²) in [6.45, 7) is 0. The SMILES string of the molecule is COc1cc(Cl)nc(NC(=O)C2=NNC(=O)CC2)n1. The highest BCUT2D eigenvalue weighted by molar-refractivity contribution is 6.43. The molecular formula is C10H10ClN5O3. The molecule has 2 N–H and O–H groups in total. The Balaban J connectivity index is 2.10. The van der Waals surface area contributed by atoms with E-state index in [1.807, 2.05) is 0 Å². The summed E-state index contributed by atoms with van der Waals surface area (Å²) >= 11 is 5.75. The third kappa shape index (κ3) is 3.38. The molecule has 1 aliphatic rings. The molecule has 0 atom stereocenters. The molecule has 9 heteroatoms. The number of nitrogens with one attached hydrogen (secondary N) is 2. The Morgan fingerprint density at radius 3 is 2.89 bits per heavy atom. The summed E-state index contributed by atoms with van der Waals surface area (Å²) in [6.07, 6.45) is 0.474. The van der Waals surface area contributed by atoms with Gasteiger partial charge < -0.3 is 4.74 Å². The minimum absolute atomic E-state index is 0.00829. The zero-order valence-electron chi connectivity index (χ0n) is 9.94. The van der Waals surface area contributed by atoms with Gasteiger partial charge in [-0.05, 0) is 0 Å². The first-order valence-electron chi connectivity index (χ1n) is 5.34. The number of carbonyl (C=O) groups excluding carboxylic acids is 2. The van der Waals surface area contributed by atoms with Crippen molar-refractivity contribution in [3.05, 3.63) is 11.2 Å². The molecule has 0 fully saturated rings. The highest BCUT2D eigenvalue weighted by Gasteiger charge is 2.19. The molecule has 2 amide bonds. The Kier molecular flexibility index (Phi) is 3.91. The fourth-order valence-corrected chi connectivity index (χ4v) is 1.54. The number of hydrogen-bond acceptors (Lipinski definition) is 6. The summed E-state index contributed by atoms with van der Waals surface area (Å²) in [4.78, 5) is 30.5. The van der Waals surface area contributed by atoms with Crippen LogP contribution >= 0.6 is 11.6 Å². The molecule has 0 saturated heterocycles. The van der Waals surface area contributed by atoms with Crippen molar-refractivity contribution >= 4 is 35.1 Å². The number of halogens is 1. The molecule has 0 spiro atoms. The van der Waals surface area contributed by atoms with Gasteiger partial charge in [0, 0.05) is 18.9 Å². The van der Waals surface area contributed by atoms with Crippen LogP contribution in [0.15, 0.2) is 11.2 Å². The maximum Gasteiger partial charge on any atom is 0.274 e. The number of ether oxygens (including phenoxy) is 1. The van der Waals surface area contributed by atoms with E-state index in [4.69, 9.17) is 16.3 Å². The normalized spacial score (nSPS) is 14.4. The van der Waals surface area contributed by atoms with Crippen LogP contribution in [0, 0.1) is 0 Å². The van der Waals surface area contributed by atoms with Crippen LogP contribution in [0.4, 0.5) is 5.95 Å². The van der Waals surface area contributed by atoms with E-state index in [1.54, 1.807) is 0 Å². The van der Waals surface area contributed by atoms with Gasteiger partial charge >= 0.3 is 0 Å². The molecule has 1 aromatic heterocycles. The van der Waals surface area contributed by atoms with E-state index >= 15 is 0 Å². The molecule has 0 aromatic carbocycles. The Hall–Kier alpha value is -2.22. The first-order valence-corrected chi connectivity index (χ1v) is 5.71. The van der Waals surface area contributed by atoms with Gasteiger partial charge in [-0.1, -0.05) is 11.6 Å². The quantitative estimate of drug-likeness (QED) is 0.778. The number of hydrazone groups is 1. The minimum Gasteiger partial charge on any atom is -0.481 e. The van der Waals surface area contributed by atoms with E-state index in [9.17, 15) is 9.59 Å². The number of carbonyl (C=O) groups is 2. The van der Waals surface area contributed by atoms with Crippen molar-refractivity contribution in [1.29, 1.82) is 0 Å². The Labute approximate surface area is 113 Å². The number of anilines is 1. The van der Waals surface area contributed by atoms with Crippen LogP contribution in [0.3, 0.4) is 0 Å². The van der Waals surface area contributed by atoms with Gasteiger partial charge in [0.1, 0.15) is 10.9 Å². The molecule has 1 aromatic rings. The van der Waals surface area contributed by atoms with Crippen LogP contribution in [0.5, 0.6) is 5.88 Å². The molecule has 0 saturated carbocycles. The van der Waals surface area contributed by atoms with E-state index in [2.05, 4.69) is 25.8 Å². The second-order valence-corrected chi connectivity index (χ2v) is 3.99. The van der Waals surface area contributed by atoms with E-state index in [0.29, 0.717) is 0 Å². The first kappa shape index (κ1) is 13.2. The summed E-state index contributed by atoms with van der Waals surface area (Å²) in [5.41, 5.74) is 2.43. The third-order valence-electron chi connectivity index (χ3n) is 2.27. The van der Waals surface area contributed by atoms with Gasteiger partial charge in [0.25, 0.3) is 5.91 Å². The third-order valence-corrected chi connectivity index (χ3v) is 2.47. The van der Waals surface area contributed by atoms with Crippen molar-refractivity contribution in [3.63, 3.8) is 0 Å².